The van der Waals surface area contributed by atoms with Crippen LogP contribution in [-0.2, 0) is 4.79 Å². The summed E-state index contributed by atoms with van der Waals surface area (Å²) in [5.74, 6) is -1.13. The third-order valence-electron chi connectivity index (χ3n) is 1.40. The van der Waals surface area contributed by atoms with Crippen molar-refractivity contribution in [1.82, 2.24) is 0 Å². The Bertz CT molecular complexity index is 262. The number of aryl methyl sites for hydroxylation is 1. The second-order valence-electron chi connectivity index (χ2n) is 2.92. The van der Waals surface area contributed by atoms with Gasteiger partial charge in [0.15, 0.2) is 0 Å². The molecule has 0 saturated heterocycles. The smallest absolute Gasteiger partial charge is 0.320 e. The molecule has 4 heteroatoms. The van der Waals surface area contributed by atoms with Gasteiger partial charge in [0.1, 0.15) is 11.9 Å². The Morgan fingerprint density at radius 1 is 1.43 bits per heavy atom. The standard InChI is InChI=1S/C7H7F.C3H7NO2/c1-6-2-4-7(8)5-3-6;1-2(4)3(5)6/h2-5H,1H3;2H,4H2,1H3,(H,5,6). The maximum absolute atomic E-state index is 12.1. The van der Waals surface area contributed by atoms with Crippen LogP contribution in [0.1, 0.15) is 12.5 Å². The van der Waals surface area contributed by atoms with Gasteiger partial charge < -0.3 is 10.8 Å². The first-order valence-electron chi connectivity index (χ1n) is 4.14. The van der Waals surface area contributed by atoms with Crippen molar-refractivity contribution in [2.24, 2.45) is 5.73 Å². The molecule has 0 fully saturated rings. The van der Waals surface area contributed by atoms with E-state index >= 15 is 0 Å². The van der Waals surface area contributed by atoms with Crippen LogP contribution in [0.2, 0.25) is 0 Å². The maximum Gasteiger partial charge on any atom is 0.320 e. The number of hydrogen-bond acceptors (Lipinski definition) is 2. The minimum absolute atomic E-state index is 0.171. The molecule has 0 aromatic heterocycles. The minimum Gasteiger partial charge on any atom is -0.480 e. The first-order valence-corrected chi connectivity index (χ1v) is 4.14. The molecule has 0 heterocycles. The van der Waals surface area contributed by atoms with E-state index in [4.69, 9.17) is 10.8 Å². The van der Waals surface area contributed by atoms with Gasteiger partial charge in [0, 0.05) is 0 Å². The number of hydrogen-bond donors (Lipinski definition) is 2. The molecule has 3 N–H and O–H groups in total. The third kappa shape index (κ3) is 6.14. The molecule has 0 spiro atoms. The molecule has 1 aromatic rings. The van der Waals surface area contributed by atoms with Crippen molar-refractivity contribution in [2.45, 2.75) is 19.9 Å². The molecule has 78 valence electrons. The molecule has 0 amide bonds. The fourth-order valence-corrected chi connectivity index (χ4v) is 0.533. The van der Waals surface area contributed by atoms with Gasteiger partial charge in [-0.25, -0.2) is 4.39 Å². The Balaban J connectivity index is 0.000000255. The van der Waals surface area contributed by atoms with Gasteiger partial charge in [-0.05, 0) is 26.0 Å². The zero-order chi connectivity index (χ0) is 11.1. The topological polar surface area (TPSA) is 63.3 Å². The van der Waals surface area contributed by atoms with Gasteiger partial charge in [-0.2, -0.15) is 0 Å². The summed E-state index contributed by atoms with van der Waals surface area (Å²) in [6.45, 7) is 3.35. The lowest BCUT2D eigenvalue weighted by atomic mass is 10.2. The minimum atomic E-state index is -0.963. The quantitative estimate of drug-likeness (QED) is 0.721. The number of benzene rings is 1. The third-order valence-corrected chi connectivity index (χ3v) is 1.40. The molecule has 0 radical (unpaired) electrons. The highest BCUT2D eigenvalue weighted by atomic mass is 19.1. The van der Waals surface area contributed by atoms with E-state index in [1.807, 2.05) is 6.92 Å². The highest BCUT2D eigenvalue weighted by molar-refractivity contribution is 5.72. The predicted molar refractivity (Wildman–Crippen MR) is 52.4 cm³/mol. The van der Waals surface area contributed by atoms with Gasteiger partial charge in [-0.3, -0.25) is 4.79 Å². The fourth-order valence-electron chi connectivity index (χ4n) is 0.533. The summed E-state index contributed by atoms with van der Waals surface area (Å²) in [7, 11) is 0. The molecule has 1 atom stereocenters. The summed E-state index contributed by atoms with van der Waals surface area (Å²) in [5, 5.41) is 7.87. The summed E-state index contributed by atoms with van der Waals surface area (Å²) in [4.78, 5) is 9.57. The lowest BCUT2D eigenvalue weighted by molar-refractivity contribution is -0.138. The molecule has 1 rings (SSSR count). The molecule has 14 heavy (non-hydrogen) atoms. The normalized spacial score (nSPS) is 11.1. The number of carboxylic acid groups (broad SMARTS) is 1. The Hall–Kier alpha value is -1.42. The molecular formula is C10H14FNO2. The van der Waals surface area contributed by atoms with E-state index in [9.17, 15) is 9.18 Å². The number of halogens is 1. The van der Waals surface area contributed by atoms with Crippen LogP contribution in [0, 0.1) is 12.7 Å². The molecule has 1 unspecified atom stereocenters. The predicted octanol–water partition coefficient (Wildman–Crippen LogP) is 1.55. The number of carboxylic acids is 1. The van der Waals surface area contributed by atoms with Gasteiger partial charge in [0.25, 0.3) is 0 Å². The van der Waals surface area contributed by atoms with Gasteiger partial charge >= 0.3 is 5.97 Å². The summed E-state index contributed by atoms with van der Waals surface area (Å²) in [6.07, 6.45) is 0. The van der Waals surface area contributed by atoms with Crippen LogP contribution in [0.25, 0.3) is 0 Å². The van der Waals surface area contributed by atoms with Crippen molar-refractivity contribution in [3.63, 3.8) is 0 Å². The summed E-state index contributed by atoms with van der Waals surface area (Å²) < 4.78 is 12.1. The van der Waals surface area contributed by atoms with Crippen molar-refractivity contribution in [3.8, 4) is 0 Å². The first kappa shape index (κ1) is 12.6. The average Bonchev–Trinajstić information content (AvgIpc) is 2.11. The van der Waals surface area contributed by atoms with Crippen molar-refractivity contribution in [2.75, 3.05) is 0 Å². The number of aliphatic carboxylic acids is 1. The summed E-state index contributed by atoms with van der Waals surface area (Å²) in [5.41, 5.74) is 5.92. The Morgan fingerprint density at radius 3 is 2.00 bits per heavy atom. The van der Waals surface area contributed by atoms with E-state index in [0.29, 0.717) is 0 Å². The largest absolute Gasteiger partial charge is 0.480 e. The van der Waals surface area contributed by atoms with Crippen LogP contribution in [0.4, 0.5) is 4.39 Å². The SMILES string of the molecule is CC(N)C(=O)O.Cc1ccc(F)cc1. The monoisotopic (exact) mass is 199 g/mol. The van der Waals surface area contributed by atoms with Crippen LogP contribution in [0.5, 0.6) is 0 Å². The Labute approximate surface area is 82.4 Å². The van der Waals surface area contributed by atoms with E-state index < -0.39 is 12.0 Å². The van der Waals surface area contributed by atoms with Crippen LogP contribution >= 0.6 is 0 Å². The van der Waals surface area contributed by atoms with Gasteiger partial charge in [-0.15, -0.1) is 0 Å². The molecule has 0 aliphatic rings. The highest BCUT2D eigenvalue weighted by Crippen LogP contribution is 1.98. The maximum atomic E-state index is 12.1. The average molecular weight is 199 g/mol. The molecule has 0 bridgehead atoms. The van der Waals surface area contributed by atoms with Crippen LogP contribution in [0.3, 0.4) is 0 Å². The number of nitrogens with two attached hydrogens (primary N) is 1. The van der Waals surface area contributed by atoms with E-state index in [1.54, 1.807) is 12.1 Å². The molecule has 3 nitrogen and oxygen atoms in total. The second-order valence-corrected chi connectivity index (χ2v) is 2.92. The van der Waals surface area contributed by atoms with Crippen LogP contribution < -0.4 is 5.73 Å². The number of carbonyl (C=O) groups is 1. The van der Waals surface area contributed by atoms with E-state index in [0.717, 1.165) is 5.56 Å². The van der Waals surface area contributed by atoms with Crippen molar-refractivity contribution in [1.29, 1.82) is 0 Å². The molecule has 1 aromatic carbocycles. The van der Waals surface area contributed by atoms with E-state index in [1.165, 1.54) is 19.1 Å². The fraction of sp³-hybridized carbons (Fsp3) is 0.300. The summed E-state index contributed by atoms with van der Waals surface area (Å²) in [6, 6.07) is 5.67. The van der Waals surface area contributed by atoms with Crippen molar-refractivity contribution in [3.05, 3.63) is 35.6 Å². The Kier molecular flexibility index (Phi) is 5.48. The highest BCUT2D eigenvalue weighted by Gasteiger charge is 1.99. The number of rotatable bonds is 1. The van der Waals surface area contributed by atoms with Gasteiger partial charge in [0.05, 0.1) is 0 Å². The first-order chi connectivity index (χ1) is 6.43. The second kappa shape index (κ2) is 6.10. The molecule has 0 aliphatic heterocycles. The van der Waals surface area contributed by atoms with Crippen molar-refractivity contribution < 1.29 is 14.3 Å². The molecule has 0 aliphatic carbocycles. The lowest BCUT2D eigenvalue weighted by Gasteiger charge is -1.90. The molecular weight excluding hydrogens is 185 g/mol. The molecule has 0 saturated carbocycles. The van der Waals surface area contributed by atoms with Gasteiger partial charge in [-0.1, -0.05) is 17.7 Å². The Morgan fingerprint density at radius 2 is 1.79 bits per heavy atom. The lowest BCUT2D eigenvalue weighted by Crippen LogP contribution is -2.25. The van der Waals surface area contributed by atoms with Crippen LogP contribution in [-0.4, -0.2) is 17.1 Å². The van der Waals surface area contributed by atoms with E-state index in [2.05, 4.69) is 0 Å². The zero-order valence-electron chi connectivity index (χ0n) is 8.20. The van der Waals surface area contributed by atoms with E-state index in [-0.39, 0.29) is 5.82 Å². The zero-order valence-corrected chi connectivity index (χ0v) is 8.20. The summed E-state index contributed by atoms with van der Waals surface area (Å²) >= 11 is 0. The van der Waals surface area contributed by atoms with Crippen LogP contribution in [0.15, 0.2) is 24.3 Å². The van der Waals surface area contributed by atoms with Gasteiger partial charge in [0.2, 0.25) is 0 Å². The van der Waals surface area contributed by atoms with Crippen molar-refractivity contribution >= 4 is 5.97 Å².